The van der Waals surface area contributed by atoms with E-state index in [2.05, 4.69) is 5.10 Å². The summed E-state index contributed by atoms with van der Waals surface area (Å²) in [5.74, 6) is -0.145. The first-order valence-corrected chi connectivity index (χ1v) is 9.89. The number of hydrogen-bond donors (Lipinski definition) is 0. The largest absolute Gasteiger partial charge is 0.337 e. The van der Waals surface area contributed by atoms with Gasteiger partial charge in [-0.05, 0) is 24.3 Å². The van der Waals surface area contributed by atoms with Crippen molar-refractivity contribution in [1.82, 2.24) is 19.0 Å². The molecule has 0 radical (unpaired) electrons. The number of carbonyl (C=O) groups is 1. The zero-order chi connectivity index (χ0) is 18.7. The molecule has 1 saturated heterocycles. The Hall–Kier alpha value is -2.16. The van der Waals surface area contributed by atoms with E-state index in [0.717, 1.165) is 5.56 Å². The van der Waals surface area contributed by atoms with Crippen molar-refractivity contribution >= 4 is 33.6 Å². The molecular formula is C17H19ClN4O3S. The third-order valence-corrected chi connectivity index (χ3v) is 6.26. The van der Waals surface area contributed by atoms with E-state index in [4.69, 9.17) is 11.6 Å². The first kappa shape index (κ1) is 18.6. The smallest absolute Gasteiger partial charge is 0.246 e. The van der Waals surface area contributed by atoms with Crippen molar-refractivity contribution in [3.05, 3.63) is 53.3 Å². The van der Waals surface area contributed by atoms with Crippen LogP contribution in [0.5, 0.6) is 0 Å². The van der Waals surface area contributed by atoms with Crippen LogP contribution in [0.15, 0.2) is 47.6 Å². The highest BCUT2D eigenvalue weighted by molar-refractivity contribution is 7.89. The molecule has 9 heteroatoms. The topological polar surface area (TPSA) is 75.5 Å². The molecule has 1 aliphatic heterocycles. The minimum absolute atomic E-state index is 0.145. The van der Waals surface area contributed by atoms with Gasteiger partial charge in [0.2, 0.25) is 15.9 Å². The van der Waals surface area contributed by atoms with Gasteiger partial charge in [-0.25, -0.2) is 8.42 Å². The van der Waals surface area contributed by atoms with Gasteiger partial charge in [0.1, 0.15) is 0 Å². The standard InChI is InChI=1S/C17H19ClN4O3S/c1-20-13-14(12-19-20)5-6-17(23)21-7-9-22(10-8-21)26(24,25)16-4-2-3-15(18)11-16/h2-6,11-13H,7-10H2,1H3/b6-5+. The van der Waals surface area contributed by atoms with E-state index in [0.29, 0.717) is 18.1 Å². The van der Waals surface area contributed by atoms with Crippen molar-refractivity contribution in [3.8, 4) is 0 Å². The summed E-state index contributed by atoms with van der Waals surface area (Å²) in [6.45, 7) is 1.19. The van der Waals surface area contributed by atoms with Crippen LogP contribution in [0, 0.1) is 0 Å². The molecule has 2 aromatic rings. The number of benzene rings is 1. The van der Waals surface area contributed by atoms with Gasteiger partial charge in [0.05, 0.1) is 11.1 Å². The van der Waals surface area contributed by atoms with E-state index < -0.39 is 10.0 Å². The van der Waals surface area contributed by atoms with Gasteiger partial charge in [0.15, 0.2) is 0 Å². The summed E-state index contributed by atoms with van der Waals surface area (Å²) in [5, 5.41) is 4.41. The maximum Gasteiger partial charge on any atom is 0.246 e. The molecule has 7 nitrogen and oxygen atoms in total. The van der Waals surface area contributed by atoms with E-state index in [-0.39, 0.29) is 23.9 Å². The number of hydrogen-bond acceptors (Lipinski definition) is 4. The fourth-order valence-electron chi connectivity index (χ4n) is 2.72. The molecule has 1 aromatic carbocycles. The van der Waals surface area contributed by atoms with Crippen LogP contribution in [0.1, 0.15) is 5.56 Å². The quantitative estimate of drug-likeness (QED) is 0.738. The second kappa shape index (κ2) is 7.61. The number of sulfonamides is 1. The summed E-state index contributed by atoms with van der Waals surface area (Å²) < 4.78 is 28.4. The molecule has 2 heterocycles. The third kappa shape index (κ3) is 4.14. The maximum absolute atomic E-state index is 12.7. The Morgan fingerprint density at radius 3 is 2.58 bits per heavy atom. The summed E-state index contributed by atoms with van der Waals surface area (Å²) in [6, 6.07) is 6.20. The van der Waals surface area contributed by atoms with Crippen LogP contribution in [-0.2, 0) is 21.9 Å². The van der Waals surface area contributed by atoms with Crippen molar-refractivity contribution in [2.45, 2.75) is 4.90 Å². The molecular weight excluding hydrogens is 376 g/mol. The highest BCUT2D eigenvalue weighted by Crippen LogP contribution is 2.21. The summed E-state index contributed by atoms with van der Waals surface area (Å²) in [6.07, 6.45) is 6.65. The van der Waals surface area contributed by atoms with Crippen LogP contribution >= 0.6 is 11.6 Å². The molecule has 138 valence electrons. The first-order valence-electron chi connectivity index (χ1n) is 8.07. The van der Waals surface area contributed by atoms with E-state index in [9.17, 15) is 13.2 Å². The van der Waals surface area contributed by atoms with Crippen molar-refractivity contribution in [3.63, 3.8) is 0 Å². The molecule has 0 saturated carbocycles. The van der Waals surface area contributed by atoms with Crippen molar-refractivity contribution < 1.29 is 13.2 Å². The molecule has 3 rings (SSSR count). The average Bonchev–Trinajstić information content (AvgIpc) is 3.05. The molecule has 1 aliphatic rings. The van der Waals surface area contributed by atoms with Crippen LogP contribution in [0.2, 0.25) is 5.02 Å². The second-order valence-corrected chi connectivity index (χ2v) is 8.34. The van der Waals surface area contributed by atoms with Crippen LogP contribution in [-0.4, -0.2) is 59.5 Å². The lowest BCUT2D eigenvalue weighted by molar-refractivity contribution is -0.127. The lowest BCUT2D eigenvalue weighted by Gasteiger charge is -2.33. The summed E-state index contributed by atoms with van der Waals surface area (Å²) in [4.78, 5) is 14.1. The van der Waals surface area contributed by atoms with Gasteiger partial charge >= 0.3 is 0 Å². The fourth-order valence-corrected chi connectivity index (χ4v) is 4.45. The molecule has 0 spiro atoms. The summed E-state index contributed by atoms with van der Waals surface area (Å²) in [5.41, 5.74) is 0.836. The molecule has 0 aliphatic carbocycles. The molecule has 1 fully saturated rings. The number of carbonyl (C=O) groups excluding carboxylic acids is 1. The number of piperazine rings is 1. The second-order valence-electron chi connectivity index (χ2n) is 5.97. The molecule has 0 atom stereocenters. The van der Waals surface area contributed by atoms with E-state index in [1.54, 1.807) is 47.2 Å². The molecule has 0 N–H and O–H groups in total. The highest BCUT2D eigenvalue weighted by Gasteiger charge is 2.29. The number of halogens is 1. The molecule has 26 heavy (non-hydrogen) atoms. The van der Waals surface area contributed by atoms with Crippen molar-refractivity contribution in [1.29, 1.82) is 0 Å². The van der Waals surface area contributed by atoms with Gasteiger partial charge in [0.25, 0.3) is 0 Å². The Labute approximate surface area is 157 Å². The van der Waals surface area contributed by atoms with Gasteiger partial charge in [-0.1, -0.05) is 17.7 Å². The van der Waals surface area contributed by atoms with Crippen LogP contribution in [0.3, 0.4) is 0 Å². The number of amides is 1. The Balaban J connectivity index is 1.61. The Morgan fingerprint density at radius 2 is 1.96 bits per heavy atom. The van der Waals surface area contributed by atoms with Gasteiger partial charge in [-0.2, -0.15) is 9.40 Å². The molecule has 0 bridgehead atoms. The van der Waals surface area contributed by atoms with E-state index in [1.165, 1.54) is 22.5 Å². The van der Waals surface area contributed by atoms with Gasteiger partial charge in [-0.3, -0.25) is 9.48 Å². The van der Waals surface area contributed by atoms with E-state index >= 15 is 0 Å². The number of aryl methyl sites for hydroxylation is 1. The van der Waals surface area contributed by atoms with Gasteiger partial charge < -0.3 is 4.90 Å². The summed E-state index contributed by atoms with van der Waals surface area (Å²) in [7, 11) is -1.80. The molecule has 1 amide bonds. The van der Waals surface area contributed by atoms with Gasteiger partial charge in [-0.15, -0.1) is 0 Å². The lowest BCUT2D eigenvalue weighted by atomic mass is 10.3. The molecule has 0 unspecified atom stereocenters. The number of rotatable bonds is 4. The zero-order valence-electron chi connectivity index (χ0n) is 14.2. The Kier molecular flexibility index (Phi) is 5.45. The lowest BCUT2D eigenvalue weighted by Crippen LogP contribution is -2.50. The normalized spacial score (nSPS) is 16.3. The first-order chi connectivity index (χ1) is 12.4. The Bertz CT molecular complexity index is 931. The zero-order valence-corrected chi connectivity index (χ0v) is 15.8. The summed E-state index contributed by atoms with van der Waals surface area (Å²) >= 11 is 5.89. The predicted molar refractivity (Wildman–Crippen MR) is 99.0 cm³/mol. The fraction of sp³-hybridized carbons (Fsp3) is 0.294. The maximum atomic E-state index is 12.7. The average molecular weight is 395 g/mol. The van der Waals surface area contributed by atoms with Crippen LogP contribution in [0.25, 0.3) is 6.08 Å². The predicted octanol–water partition coefficient (Wildman–Crippen LogP) is 1.62. The van der Waals surface area contributed by atoms with Crippen LogP contribution in [0.4, 0.5) is 0 Å². The monoisotopic (exact) mass is 394 g/mol. The minimum Gasteiger partial charge on any atom is -0.337 e. The Morgan fingerprint density at radius 1 is 1.23 bits per heavy atom. The molecule has 1 aromatic heterocycles. The van der Waals surface area contributed by atoms with E-state index in [1.807, 2.05) is 0 Å². The minimum atomic E-state index is -3.60. The third-order valence-electron chi connectivity index (χ3n) is 4.13. The van der Waals surface area contributed by atoms with Crippen molar-refractivity contribution in [2.24, 2.45) is 7.05 Å². The number of nitrogens with zero attached hydrogens (tertiary/aromatic N) is 4. The highest BCUT2D eigenvalue weighted by atomic mass is 35.5. The van der Waals surface area contributed by atoms with Gasteiger partial charge in [0, 0.05) is 56.1 Å². The SMILES string of the molecule is Cn1cc(/C=C/C(=O)N2CCN(S(=O)(=O)c3cccc(Cl)c3)CC2)cn1. The van der Waals surface area contributed by atoms with Crippen molar-refractivity contribution in [2.75, 3.05) is 26.2 Å². The van der Waals surface area contributed by atoms with Crippen LogP contribution < -0.4 is 0 Å². The number of aromatic nitrogens is 2.